The third kappa shape index (κ3) is 3.28. The summed E-state index contributed by atoms with van der Waals surface area (Å²) in [6.45, 7) is -0.0352. The number of hydrogen-bond acceptors (Lipinski definition) is 4. The Hall–Kier alpha value is -2.50. The number of hydrogen-bond donors (Lipinski definition) is 3. The Balaban J connectivity index is 1.87. The van der Waals surface area contributed by atoms with Crippen molar-refractivity contribution in [2.24, 2.45) is 5.92 Å². The van der Waals surface area contributed by atoms with Gasteiger partial charge in [-0.3, -0.25) is 10.1 Å². The Bertz CT molecular complexity index is 1190. The van der Waals surface area contributed by atoms with Gasteiger partial charge in [-0.05, 0) is 49.9 Å². The zero-order valence-electron chi connectivity index (χ0n) is 19.3. The quantitative estimate of drug-likeness (QED) is 0.654. The lowest BCUT2D eigenvalue weighted by atomic mass is 9.63. The fraction of sp³-hybridized carbons (Fsp3) is 0.348. The van der Waals surface area contributed by atoms with Crippen LogP contribution in [0.4, 0.5) is 0 Å². The summed E-state index contributed by atoms with van der Waals surface area (Å²) in [6.07, 6.45) is 4.49. The van der Waals surface area contributed by atoms with Crippen LogP contribution >= 0.6 is 11.6 Å². The van der Waals surface area contributed by atoms with Gasteiger partial charge in [0.1, 0.15) is 0 Å². The lowest BCUT2D eigenvalue weighted by molar-refractivity contribution is 0.316. The van der Waals surface area contributed by atoms with Crippen LogP contribution < -0.4 is 15.6 Å². The van der Waals surface area contributed by atoms with Crippen molar-refractivity contribution in [3.63, 3.8) is 0 Å². The number of methoxy groups -OCH3 is 1. The van der Waals surface area contributed by atoms with Gasteiger partial charge in [0.05, 0.1) is 12.6 Å². The number of H-pyrrole nitrogens is 1. The van der Waals surface area contributed by atoms with Crippen LogP contribution in [0.3, 0.4) is 0 Å². The first-order chi connectivity index (χ1) is 15.0. The lowest BCUT2D eigenvalue weighted by Gasteiger charge is -2.48. The number of halogens is 1. The highest BCUT2D eigenvalue weighted by Crippen LogP contribution is 2.49. The second kappa shape index (κ2) is 7.39. The molecule has 0 aliphatic heterocycles. The first-order valence-corrected chi connectivity index (χ1v) is 9.84. The van der Waals surface area contributed by atoms with Gasteiger partial charge in [0.15, 0.2) is 11.5 Å². The molecular formula is C23H25ClN2O3. The maximum Gasteiger partial charge on any atom is 0.248 e. The minimum atomic E-state index is -2.26. The molecule has 152 valence electrons. The number of allylic oxidation sites excluding steroid dienone is 2. The van der Waals surface area contributed by atoms with Crippen molar-refractivity contribution in [3.05, 3.63) is 79.8 Å². The van der Waals surface area contributed by atoms with Crippen molar-refractivity contribution in [3.8, 4) is 11.5 Å². The molecule has 2 bridgehead atoms. The maximum absolute atomic E-state index is 12.0. The van der Waals surface area contributed by atoms with Crippen molar-refractivity contribution in [1.29, 1.82) is 0 Å². The van der Waals surface area contributed by atoms with E-state index in [9.17, 15) is 9.90 Å². The molecule has 0 fully saturated rings. The van der Waals surface area contributed by atoms with Gasteiger partial charge < -0.3 is 14.8 Å². The van der Waals surface area contributed by atoms with Crippen LogP contribution in [0.25, 0.3) is 0 Å². The summed E-state index contributed by atoms with van der Waals surface area (Å²) < 4.78 is 28.9. The molecule has 2 aliphatic rings. The van der Waals surface area contributed by atoms with Crippen molar-refractivity contribution in [2.75, 3.05) is 7.11 Å². The molecule has 0 radical (unpaired) electrons. The van der Waals surface area contributed by atoms with Crippen LogP contribution in [0.15, 0.2) is 52.4 Å². The number of ether oxygens (including phenoxy) is 1. The fourth-order valence-electron chi connectivity index (χ4n) is 4.70. The van der Waals surface area contributed by atoms with Gasteiger partial charge in [-0.15, -0.1) is 0 Å². The molecule has 2 aliphatic carbocycles. The Labute approximate surface area is 179 Å². The van der Waals surface area contributed by atoms with Crippen molar-refractivity contribution < 1.29 is 14.0 Å². The number of aromatic amines is 1. The Morgan fingerprint density at radius 1 is 1.48 bits per heavy atom. The van der Waals surface area contributed by atoms with Crippen LogP contribution in [0, 0.1) is 5.92 Å². The maximum atomic E-state index is 12.0. The van der Waals surface area contributed by atoms with E-state index in [4.69, 9.17) is 20.5 Å². The van der Waals surface area contributed by atoms with E-state index < -0.39 is 12.4 Å². The number of aromatic nitrogens is 1. The van der Waals surface area contributed by atoms with E-state index in [0.29, 0.717) is 23.4 Å². The third-order valence-corrected chi connectivity index (χ3v) is 6.10. The van der Waals surface area contributed by atoms with Gasteiger partial charge in [-0.1, -0.05) is 29.3 Å². The van der Waals surface area contributed by atoms with E-state index in [1.807, 2.05) is 6.92 Å². The Morgan fingerprint density at radius 3 is 3.07 bits per heavy atom. The average molecular weight is 416 g/mol. The summed E-state index contributed by atoms with van der Waals surface area (Å²) in [4.78, 5) is 14.9. The number of benzene rings is 1. The molecule has 1 aromatic heterocycles. The summed E-state index contributed by atoms with van der Waals surface area (Å²) in [6, 6.07) is 6.41. The molecule has 1 heterocycles. The van der Waals surface area contributed by atoms with Gasteiger partial charge in [0, 0.05) is 45.0 Å². The van der Waals surface area contributed by atoms with E-state index >= 15 is 0 Å². The van der Waals surface area contributed by atoms with Crippen LogP contribution in [0.2, 0.25) is 5.02 Å². The highest BCUT2D eigenvalue weighted by molar-refractivity contribution is 6.30. The number of fused-ring (bicyclic) bond motifs is 4. The number of phenols is 1. The fourth-order valence-corrected chi connectivity index (χ4v) is 4.93. The number of pyridine rings is 1. The molecule has 2 atom stereocenters. The summed E-state index contributed by atoms with van der Waals surface area (Å²) >= 11 is 6.21. The van der Waals surface area contributed by atoms with E-state index in [-0.39, 0.29) is 29.5 Å². The first-order valence-electron chi connectivity index (χ1n) is 11.0. The largest absolute Gasteiger partial charge is 0.504 e. The van der Waals surface area contributed by atoms with Gasteiger partial charge in [-0.25, -0.2) is 0 Å². The topological polar surface area (TPSA) is 74.3 Å². The first kappa shape index (κ1) is 16.3. The smallest absolute Gasteiger partial charge is 0.248 e. The molecule has 0 saturated carbocycles. The highest BCUT2D eigenvalue weighted by Gasteiger charge is 2.46. The minimum absolute atomic E-state index is 0.0284. The SMILES string of the molecule is [2H]C([2H])([2H])C=C1[C@H]2C=C(C)C[C@]1(NCc1cc(Cl)cc(OC)c1O)c1ccc(=O)[nH]c1C2. The zero-order chi connectivity index (χ0) is 23.3. The monoisotopic (exact) mass is 415 g/mol. The van der Waals surface area contributed by atoms with Crippen molar-refractivity contribution >= 4 is 11.6 Å². The summed E-state index contributed by atoms with van der Waals surface area (Å²) in [5.74, 6) is 0.0695. The second-order valence-electron chi connectivity index (χ2n) is 7.69. The van der Waals surface area contributed by atoms with Crippen LogP contribution in [0.5, 0.6) is 11.5 Å². The average Bonchev–Trinajstić information content (AvgIpc) is 2.68. The molecule has 2 aromatic rings. The molecule has 5 nitrogen and oxygen atoms in total. The molecule has 0 saturated heterocycles. The number of rotatable bonds is 4. The molecule has 29 heavy (non-hydrogen) atoms. The lowest BCUT2D eigenvalue weighted by Crippen LogP contribution is -2.51. The van der Waals surface area contributed by atoms with Crippen LogP contribution in [-0.4, -0.2) is 17.2 Å². The predicted molar refractivity (Wildman–Crippen MR) is 115 cm³/mol. The van der Waals surface area contributed by atoms with E-state index in [0.717, 1.165) is 22.4 Å². The highest BCUT2D eigenvalue weighted by atomic mass is 35.5. The summed E-state index contributed by atoms with van der Waals surface area (Å²) in [7, 11) is 1.45. The number of nitrogens with one attached hydrogen (secondary N) is 2. The van der Waals surface area contributed by atoms with E-state index in [1.165, 1.54) is 25.3 Å². The Kier molecular flexibility index (Phi) is 4.16. The van der Waals surface area contributed by atoms with E-state index in [1.54, 1.807) is 12.1 Å². The second-order valence-corrected chi connectivity index (χ2v) is 8.13. The normalized spacial score (nSPS) is 26.2. The molecule has 0 spiro atoms. The van der Waals surface area contributed by atoms with Gasteiger partial charge >= 0.3 is 0 Å². The molecule has 0 amide bonds. The molecule has 4 rings (SSSR count). The summed E-state index contributed by atoms with van der Waals surface area (Å²) in [5, 5.41) is 14.6. The molecule has 3 N–H and O–H groups in total. The van der Waals surface area contributed by atoms with Crippen LogP contribution in [0.1, 0.15) is 41.1 Å². The van der Waals surface area contributed by atoms with Crippen LogP contribution in [-0.2, 0) is 18.5 Å². The standard InChI is InChI=1S/C23H25ClN2O3/c1-4-17-14-7-13(2)11-23(17,18-5-6-21(27)26-19(18)9-14)25-12-15-8-16(24)10-20(29-3)22(15)28/h4-8,10,14,25,28H,9,11-12H2,1-3H3,(H,26,27)/t14-,23+/m0/s1/i1D3. The van der Waals surface area contributed by atoms with Crippen molar-refractivity contribution in [1.82, 2.24) is 10.3 Å². The van der Waals surface area contributed by atoms with Crippen molar-refractivity contribution in [2.45, 2.75) is 38.7 Å². The minimum Gasteiger partial charge on any atom is -0.504 e. The van der Waals surface area contributed by atoms with E-state index in [2.05, 4.69) is 16.4 Å². The Morgan fingerprint density at radius 2 is 2.31 bits per heavy atom. The number of phenolic OH excluding ortho intramolecular Hbond substituents is 1. The van der Waals surface area contributed by atoms with Gasteiger partial charge in [0.25, 0.3) is 0 Å². The molecule has 0 unspecified atom stereocenters. The van der Waals surface area contributed by atoms with Gasteiger partial charge in [-0.2, -0.15) is 0 Å². The van der Waals surface area contributed by atoms with Gasteiger partial charge in [0.2, 0.25) is 5.56 Å². The molecular weight excluding hydrogens is 388 g/mol. The summed E-state index contributed by atoms with van der Waals surface area (Å²) in [5.41, 5.74) is 2.97. The zero-order valence-corrected chi connectivity index (χ0v) is 17.1. The molecule has 6 heteroatoms. The molecule has 1 aromatic carbocycles. The third-order valence-electron chi connectivity index (χ3n) is 5.88. The number of aromatic hydroxyl groups is 1. The predicted octanol–water partition coefficient (Wildman–Crippen LogP) is 4.20.